The highest BCUT2D eigenvalue weighted by Gasteiger charge is 2.14. The number of hydrogen-bond acceptors (Lipinski definition) is 4. The third kappa shape index (κ3) is 1.68. The van der Waals surface area contributed by atoms with Gasteiger partial charge >= 0.3 is 0 Å². The maximum Gasteiger partial charge on any atom is 0.165 e. The van der Waals surface area contributed by atoms with Crippen LogP contribution in [0.25, 0.3) is 11.2 Å². The van der Waals surface area contributed by atoms with Gasteiger partial charge in [-0.3, -0.25) is 0 Å². The minimum atomic E-state index is -0.0130. The Labute approximate surface area is 91.7 Å². The normalized spacial score (nSPS) is 13.3. The number of aliphatic hydroxyl groups excluding tert-OH is 1. The number of aliphatic hydroxyl groups is 1. The van der Waals surface area contributed by atoms with Gasteiger partial charge < -0.3 is 9.67 Å². The van der Waals surface area contributed by atoms with E-state index >= 15 is 0 Å². The summed E-state index contributed by atoms with van der Waals surface area (Å²) in [7, 11) is 0. The van der Waals surface area contributed by atoms with Crippen molar-refractivity contribution in [2.45, 2.75) is 19.4 Å². The fraction of sp³-hybridized carbons (Fsp3) is 0.444. The van der Waals surface area contributed by atoms with Crippen molar-refractivity contribution in [3.8, 4) is 0 Å². The maximum absolute atomic E-state index is 9.20. The number of imidazole rings is 1. The average Bonchev–Trinajstić information content (AvgIpc) is 2.66. The highest BCUT2D eigenvalue weighted by Crippen LogP contribution is 2.21. The minimum absolute atomic E-state index is 0.0130. The predicted molar refractivity (Wildman–Crippen MR) is 56.7 cm³/mol. The number of rotatable bonds is 3. The smallest absolute Gasteiger partial charge is 0.165 e. The summed E-state index contributed by atoms with van der Waals surface area (Å²) in [6.07, 6.45) is 3.84. The molecule has 1 N–H and O–H groups in total. The van der Waals surface area contributed by atoms with E-state index in [1.807, 2.05) is 11.5 Å². The molecule has 0 bridgehead atoms. The Bertz CT molecular complexity index is 466. The Kier molecular flexibility index (Phi) is 2.83. The van der Waals surface area contributed by atoms with E-state index in [9.17, 15) is 5.11 Å². The summed E-state index contributed by atoms with van der Waals surface area (Å²) in [4.78, 5) is 12.1. The molecule has 2 aromatic rings. The number of fused-ring (bicyclic) bond motifs is 1. The van der Waals surface area contributed by atoms with Crippen molar-refractivity contribution in [1.29, 1.82) is 0 Å². The second-order valence-electron chi connectivity index (χ2n) is 3.23. The van der Waals surface area contributed by atoms with E-state index in [1.165, 1.54) is 6.33 Å². The fourth-order valence-electron chi connectivity index (χ4n) is 1.50. The molecule has 2 rings (SSSR count). The molecule has 6 heteroatoms. The van der Waals surface area contributed by atoms with Gasteiger partial charge in [-0.1, -0.05) is 18.5 Å². The van der Waals surface area contributed by atoms with Crippen LogP contribution < -0.4 is 0 Å². The van der Waals surface area contributed by atoms with Gasteiger partial charge in [-0.15, -0.1) is 0 Å². The first-order chi connectivity index (χ1) is 7.27. The Hall–Kier alpha value is -1.20. The molecule has 0 aromatic carbocycles. The van der Waals surface area contributed by atoms with Crippen LogP contribution in [0.4, 0.5) is 0 Å². The first-order valence-corrected chi connectivity index (χ1v) is 5.09. The molecule has 0 aliphatic carbocycles. The van der Waals surface area contributed by atoms with Gasteiger partial charge in [0.05, 0.1) is 19.0 Å². The summed E-state index contributed by atoms with van der Waals surface area (Å²) in [5, 5.41) is 9.54. The summed E-state index contributed by atoms with van der Waals surface area (Å²) < 4.78 is 1.82. The monoisotopic (exact) mass is 226 g/mol. The lowest BCUT2D eigenvalue weighted by Crippen LogP contribution is -2.11. The zero-order valence-electron chi connectivity index (χ0n) is 8.26. The van der Waals surface area contributed by atoms with E-state index in [2.05, 4.69) is 15.0 Å². The number of aromatic nitrogens is 4. The summed E-state index contributed by atoms with van der Waals surface area (Å²) in [6.45, 7) is 2.05. The van der Waals surface area contributed by atoms with E-state index in [0.717, 1.165) is 6.42 Å². The number of halogens is 1. The van der Waals surface area contributed by atoms with Gasteiger partial charge in [0.2, 0.25) is 0 Å². The zero-order valence-corrected chi connectivity index (χ0v) is 9.02. The molecule has 0 saturated heterocycles. The largest absolute Gasteiger partial charge is 0.394 e. The van der Waals surface area contributed by atoms with Crippen molar-refractivity contribution in [3.05, 3.63) is 17.8 Å². The Balaban J connectivity index is 2.58. The highest BCUT2D eigenvalue weighted by molar-refractivity contribution is 6.33. The molecule has 0 amide bonds. The van der Waals surface area contributed by atoms with Crippen LogP contribution in [0.5, 0.6) is 0 Å². The molecule has 0 aliphatic rings. The predicted octanol–water partition coefficient (Wildman–Crippen LogP) is 1.42. The van der Waals surface area contributed by atoms with Crippen molar-refractivity contribution in [2.75, 3.05) is 6.61 Å². The van der Waals surface area contributed by atoms with Crippen molar-refractivity contribution in [1.82, 2.24) is 19.5 Å². The van der Waals surface area contributed by atoms with E-state index < -0.39 is 0 Å². The van der Waals surface area contributed by atoms with Gasteiger partial charge in [-0.2, -0.15) is 0 Å². The molecule has 0 aliphatic heterocycles. The molecule has 0 spiro atoms. The van der Waals surface area contributed by atoms with E-state index in [1.54, 1.807) is 6.33 Å². The second-order valence-corrected chi connectivity index (χ2v) is 3.59. The second kappa shape index (κ2) is 4.12. The van der Waals surface area contributed by atoms with Crippen LogP contribution >= 0.6 is 11.6 Å². The van der Waals surface area contributed by atoms with Crippen LogP contribution in [0.2, 0.25) is 5.15 Å². The van der Waals surface area contributed by atoms with Crippen LogP contribution in [0.15, 0.2) is 12.7 Å². The molecule has 5 nitrogen and oxygen atoms in total. The van der Waals surface area contributed by atoms with E-state index in [-0.39, 0.29) is 12.6 Å². The van der Waals surface area contributed by atoms with Crippen molar-refractivity contribution < 1.29 is 5.11 Å². The molecule has 15 heavy (non-hydrogen) atoms. The van der Waals surface area contributed by atoms with Gasteiger partial charge in [0.1, 0.15) is 11.8 Å². The standard InChI is InChI=1S/C9H11ClN4O/c1-2-6(3-15)14-5-13-7-8(10)11-4-12-9(7)14/h4-6,15H,2-3H2,1H3. The number of nitrogens with zero attached hydrogens (tertiary/aromatic N) is 4. The lowest BCUT2D eigenvalue weighted by atomic mass is 10.2. The van der Waals surface area contributed by atoms with Crippen LogP contribution in [0.3, 0.4) is 0 Å². The summed E-state index contributed by atoms with van der Waals surface area (Å²) >= 11 is 5.87. The first-order valence-electron chi connectivity index (χ1n) is 4.71. The summed E-state index contributed by atoms with van der Waals surface area (Å²) in [5.74, 6) is 0. The molecule has 1 unspecified atom stereocenters. The molecule has 2 aromatic heterocycles. The van der Waals surface area contributed by atoms with Crippen molar-refractivity contribution in [2.24, 2.45) is 0 Å². The topological polar surface area (TPSA) is 63.8 Å². The number of hydrogen-bond donors (Lipinski definition) is 1. The first kappa shape index (κ1) is 10.3. The van der Waals surface area contributed by atoms with Gasteiger partial charge in [0.15, 0.2) is 10.8 Å². The zero-order chi connectivity index (χ0) is 10.8. The van der Waals surface area contributed by atoms with Crippen LogP contribution in [-0.4, -0.2) is 31.2 Å². The summed E-state index contributed by atoms with van der Waals surface area (Å²) in [5.41, 5.74) is 1.24. The fourth-order valence-corrected chi connectivity index (χ4v) is 1.68. The third-order valence-corrected chi connectivity index (χ3v) is 2.67. The van der Waals surface area contributed by atoms with Gasteiger partial charge in [0.25, 0.3) is 0 Å². The lowest BCUT2D eigenvalue weighted by molar-refractivity contribution is 0.226. The molecular weight excluding hydrogens is 216 g/mol. The van der Waals surface area contributed by atoms with Gasteiger partial charge in [-0.05, 0) is 6.42 Å². The Morgan fingerprint density at radius 2 is 2.27 bits per heavy atom. The SMILES string of the molecule is CCC(CO)n1cnc2c(Cl)ncnc21. The van der Waals surface area contributed by atoms with E-state index in [0.29, 0.717) is 16.3 Å². The molecule has 2 heterocycles. The Morgan fingerprint density at radius 3 is 2.93 bits per heavy atom. The van der Waals surface area contributed by atoms with Gasteiger partial charge in [-0.25, -0.2) is 15.0 Å². The Morgan fingerprint density at radius 1 is 1.47 bits per heavy atom. The molecule has 1 atom stereocenters. The molecule has 0 fully saturated rings. The van der Waals surface area contributed by atoms with Crippen LogP contribution in [0, 0.1) is 0 Å². The highest BCUT2D eigenvalue weighted by atomic mass is 35.5. The average molecular weight is 227 g/mol. The van der Waals surface area contributed by atoms with E-state index in [4.69, 9.17) is 11.6 Å². The maximum atomic E-state index is 9.20. The van der Waals surface area contributed by atoms with Crippen LogP contribution in [0.1, 0.15) is 19.4 Å². The lowest BCUT2D eigenvalue weighted by Gasteiger charge is -2.13. The quantitative estimate of drug-likeness (QED) is 0.804. The molecule has 0 saturated carbocycles. The molecule has 80 valence electrons. The molecule has 0 radical (unpaired) electrons. The third-order valence-electron chi connectivity index (χ3n) is 2.39. The summed E-state index contributed by atoms with van der Waals surface area (Å²) in [6, 6.07) is -0.0130. The van der Waals surface area contributed by atoms with Crippen molar-refractivity contribution >= 4 is 22.8 Å². The van der Waals surface area contributed by atoms with Crippen LogP contribution in [-0.2, 0) is 0 Å². The van der Waals surface area contributed by atoms with Crippen molar-refractivity contribution in [3.63, 3.8) is 0 Å². The molecular formula is C9H11ClN4O. The minimum Gasteiger partial charge on any atom is -0.394 e. The van der Waals surface area contributed by atoms with Gasteiger partial charge in [0, 0.05) is 0 Å².